The van der Waals surface area contributed by atoms with Gasteiger partial charge in [0.1, 0.15) is 6.61 Å². The monoisotopic (exact) mass is 692 g/mol. The van der Waals surface area contributed by atoms with Crippen LogP contribution >= 0.6 is 57.6 Å². The Morgan fingerprint density at radius 3 is 2.56 bits per heavy atom. The molecule has 0 spiro atoms. The molecule has 5 rings (SSSR count). The zero-order valence-electron chi connectivity index (χ0n) is 21.3. The Balaban J connectivity index is 1.43. The molecule has 2 aliphatic rings. The number of halogens is 3. The molecule has 3 aromatic rings. The highest BCUT2D eigenvalue weighted by atomic mass is 127. The zero-order valence-corrected chi connectivity index (χ0v) is 25.8. The molecule has 0 radical (unpaired) electrons. The largest absolute Gasteiger partial charge is 0.493 e. The van der Waals surface area contributed by atoms with Crippen molar-refractivity contribution >= 4 is 80.4 Å². The molecule has 1 aliphatic heterocycles. The van der Waals surface area contributed by atoms with E-state index in [-0.39, 0.29) is 18.6 Å². The molecule has 0 aromatic heterocycles. The van der Waals surface area contributed by atoms with Crippen molar-refractivity contribution in [1.29, 1.82) is 0 Å². The quantitative estimate of drug-likeness (QED) is 0.183. The second-order valence-corrected chi connectivity index (χ2v) is 12.4. The highest BCUT2D eigenvalue weighted by molar-refractivity contribution is 14.1. The Bertz CT molecular complexity index is 1430. The summed E-state index contributed by atoms with van der Waals surface area (Å²) in [5.41, 5.74) is 2.52. The van der Waals surface area contributed by atoms with Crippen LogP contribution < -0.4 is 9.47 Å². The van der Waals surface area contributed by atoms with E-state index in [2.05, 4.69) is 22.6 Å². The van der Waals surface area contributed by atoms with Gasteiger partial charge in [0.25, 0.3) is 5.91 Å². The normalized spacial score (nSPS) is 18.3. The lowest BCUT2D eigenvalue weighted by Crippen LogP contribution is -2.40. The molecule has 1 aliphatic carbocycles. The predicted octanol–water partition coefficient (Wildman–Crippen LogP) is 9.12. The van der Waals surface area contributed by atoms with E-state index in [0.29, 0.717) is 26.4 Å². The number of carbonyl (C=O) groups is 1. The second-order valence-electron chi connectivity index (χ2n) is 9.37. The van der Waals surface area contributed by atoms with Crippen molar-refractivity contribution in [1.82, 2.24) is 4.90 Å². The van der Waals surface area contributed by atoms with Crippen molar-refractivity contribution in [3.05, 3.63) is 90.3 Å². The number of ether oxygens (including phenoxy) is 2. The fourth-order valence-electron chi connectivity index (χ4n) is 4.74. The van der Waals surface area contributed by atoms with Gasteiger partial charge in [0.05, 0.1) is 21.3 Å². The fraction of sp³-hybridized carbons (Fsp3) is 0.267. The lowest BCUT2D eigenvalue weighted by molar-refractivity contribution is -0.124. The van der Waals surface area contributed by atoms with Crippen molar-refractivity contribution in [2.75, 3.05) is 7.11 Å². The van der Waals surface area contributed by atoms with Gasteiger partial charge in [0.15, 0.2) is 16.7 Å². The SMILES string of the molecule is COc1cc(C=C2SC(=Nc3ccccc3)N(C3CCCCC3)C2=O)cc(I)c1OCc1ccc(Cl)cc1Cl. The number of amides is 1. The molecule has 1 amide bonds. The Morgan fingerprint density at radius 1 is 1.08 bits per heavy atom. The highest BCUT2D eigenvalue weighted by Gasteiger charge is 2.38. The Hall–Kier alpha value is -2.20. The van der Waals surface area contributed by atoms with E-state index in [4.69, 9.17) is 37.7 Å². The topological polar surface area (TPSA) is 51.1 Å². The third-order valence-electron chi connectivity index (χ3n) is 6.69. The number of benzene rings is 3. The van der Waals surface area contributed by atoms with E-state index in [1.54, 1.807) is 19.2 Å². The van der Waals surface area contributed by atoms with Crippen LogP contribution in [-0.2, 0) is 11.4 Å². The number of carbonyl (C=O) groups excluding carboxylic acids is 1. The molecule has 3 aromatic carbocycles. The van der Waals surface area contributed by atoms with Gasteiger partial charge in [0, 0.05) is 21.7 Å². The van der Waals surface area contributed by atoms with E-state index in [1.807, 2.05) is 59.5 Å². The summed E-state index contributed by atoms with van der Waals surface area (Å²) in [6.45, 7) is 0.271. The highest BCUT2D eigenvalue weighted by Crippen LogP contribution is 2.40. The van der Waals surface area contributed by atoms with Crippen molar-refractivity contribution in [2.45, 2.75) is 44.8 Å². The molecule has 0 N–H and O–H groups in total. The predicted molar refractivity (Wildman–Crippen MR) is 169 cm³/mol. The molecule has 0 unspecified atom stereocenters. The molecule has 5 nitrogen and oxygen atoms in total. The van der Waals surface area contributed by atoms with Crippen molar-refractivity contribution in [3.8, 4) is 11.5 Å². The van der Waals surface area contributed by atoms with Crippen LogP contribution in [0.15, 0.2) is 70.6 Å². The molecule has 1 heterocycles. The molecule has 39 heavy (non-hydrogen) atoms. The summed E-state index contributed by atoms with van der Waals surface area (Å²) in [5.74, 6) is 1.21. The molecule has 202 valence electrons. The summed E-state index contributed by atoms with van der Waals surface area (Å²) in [6.07, 6.45) is 7.41. The smallest absolute Gasteiger partial charge is 0.267 e. The van der Waals surface area contributed by atoms with Gasteiger partial charge in [-0.1, -0.05) is 66.7 Å². The van der Waals surface area contributed by atoms with E-state index >= 15 is 0 Å². The van der Waals surface area contributed by atoms with Gasteiger partial charge in [-0.2, -0.15) is 0 Å². The first-order valence-electron chi connectivity index (χ1n) is 12.7. The molecule has 0 bridgehead atoms. The van der Waals surface area contributed by atoms with Crippen LogP contribution in [0, 0.1) is 3.57 Å². The van der Waals surface area contributed by atoms with Crippen molar-refractivity contribution in [3.63, 3.8) is 0 Å². The van der Waals surface area contributed by atoms with Gasteiger partial charge in [0.2, 0.25) is 0 Å². The maximum Gasteiger partial charge on any atom is 0.267 e. The number of para-hydroxylation sites is 1. The minimum Gasteiger partial charge on any atom is -0.493 e. The van der Waals surface area contributed by atoms with E-state index in [9.17, 15) is 4.79 Å². The van der Waals surface area contributed by atoms with Gasteiger partial charge >= 0.3 is 0 Å². The number of thioether (sulfide) groups is 1. The van der Waals surface area contributed by atoms with Gasteiger partial charge in [-0.3, -0.25) is 9.69 Å². The molecular weight excluding hydrogens is 666 g/mol. The molecule has 9 heteroatoms. The molecule has 0 atom stereocenters. The van der Waals surface area contributed by atoms with Crippen LogP contribution in [0.4, 0.5) is 5.69 Å². The summed E-state index contributed by atoms with van der Waals surface area (Å²) >= 11 is 16.0. The molecule has 2 fully saturated rings. The second kappa shape index (κ2) is 13.0. The van der Waals surface area contributed by atoms with Gasteiger partial charge in [-0.05, 0) is 95.2 Å². The third kappa shape index (κ3) is 6.76. The summed E-state index contributed by atoms with van der Waals surface area (Å²) in [4.78, 5) is 21.1. The summed E-state index contributed by atoms with van der Waals surface area (Å²) < 4.78 is 12.6. The van der Waals surface area contributed by atoms with Crippen LogP contribution in [0.25, 0.3) is 6.08 Å². The lowest BCUT2D eigenvalue weighted by Gasteiger charge is -2.30. The maximum absolute atomic E-state index is 13.7. The van der Waals surface area contributed by atoms with Crippen LogP contribution in [0.2, 0.25) is 10.0 Å². The number of methoxy groups -OCH3 is 1. The lowest BCUT2D eigenvalue weighted by atomic mass is 9.94. The first-order chi connectivity index (χ1) is 18.9. The summed E-state index contributed by atoms with van der Waals surface area (Å²) in [5, 5.41) is 1.86. The number of rotatable bonds is 7. The first kappa shape index (κ1) is 28.3. The van der Waals surface area contributed by atoms with Crippen molar-refractivity contribution < 1.29 is 14.3 Å². The number of aliphatic imine (C=N–C) groups is 1. The van der Waals surface area contributed by atoms with Crippen molar-refractivity contribution in [2.24, 2.45) is 4.99 Å². The first-order valence-corrected chi connectivity index (χ1v) is 15.4. The third-order valence-corrected chi connectivity index (χ3v) is 9.07. The number of nitrogens with zero attached hydrogens (tertiary/aromatic N) is 2. The number of hydrogen-bond donors (Lipinski definition) is 0. The van der Waals surface area contributed by atoms with Gasteiger partial charge < -0.3 is 9.47 Å². The van der Waals surface area contributed by atoms with Crippen LogP contribution in [0.1, 0.15) is 43.2 Å². The van der Waals surface area contributed by atoms with E-state index < -0.39 is 0 Å². The summed E-state index contributed by atoms with van der Waals surface area (Å²) in [6, 6.07) is 19.2. The van der Waals surface area contributed by atoms with Crippen LogP contribution in [0.3, 0.4) is 0 Å². The standard InChI is InChI=1S/C30H27Cl2IN2O3S/c1-37-26-15-19(14-25(33)28(26)38-18-20-12-13-21(31)17-24(20)32)16-27-29(36)35(23-10-6-3-7-11-23)30(39-27)34-22-8-4-2-5-9-22/h2,4-5,8-9,12-17,23H,3,6-7,10-11,18H2,1H3. The van der Waals surface area contributed by atoms with Crippen LogP contribution in [-0.4, -0.2) is 29.1 Å². The molecular formula is C30H27Cl2IN2O3S. The Morgan fingerprint density at radius 2 is 1.85 bits per heavy atom. The minimum absolute atomic E-state index is 0.00765. The molecule has 1 saturated heterocycles. The zero-order chi connectivity index (χ0) is 27.4. The number of hydrogen-bond acceptors (Lipinski definition) is 5. The average Bonchev–Trinajstić information content (AvgIpc) is 3.23. The molecule has 1 saturated carbocycles. The average molecular weight is 693 g/mol. The summed E-state index contributed by atoms with van der Waals surface area (Å²) in [7, 11) is 1.61. The van der Waals surface area contributed by atoms with Gasteiger partial charge in [-0.25, -0.2) is 4.99 Å². The van der Waals surface area contributed by atoms with E-state index in [1.165, 1.54) is 18.2 Å². The maximum atomic E-state index is 13.7. The Kier molecular flexibility index (Phi) is 9.43. The Labute approximate surface area is 256 Å². The van der Waals surface area contributed by atoms with Crippen LogP contribution in [0.5, 0.6) is 11.5 Å². The number of amidine groups is 1. The van der Waals surface area contributed by atoms with E-state index in [0.717, 1.165) is 51.2 Å². The minimum atomic E-state index is 0.00765. The fourth-order valence-corrected chi connectivity index (χ4v) is 7.04. The van der Waals surface area contributed by atoms with Gasteiger partial charge in [-0.15, -0.1) is 0 Å².